The van der Waals surface area contributed by atoms with Crippen LogP contribution in [0.5, 0.6) is 0 Å². The Balaban J connectivity index is 2.04. The number of nitrogens with two attached hydrogens (primary N) is 1. The van der Waals surface area contributed by atoms with Gasteiger partial charge in [-0.2, -0.15) is 0 Å². The zero-order chi connectivity index (χ0) is 12.5. The van der Waals surface area contributed by atoms with Gasteiger partial charge in [0.15, 0.2) is 0 Å². The van der Waals surface area contributed by atoms with Gasteiger partial charge in [-0.25, -0.2) is 0 Å². The van der Waals surface area contributed by atoms with Crippen molar-refractivity contribution < 1.29 is 9.53 Å². The predicted molar refractivity (Wildman–Crippen MR) is 68.8 cm³/mol. The lowest BCUT2D eigenvalue weighted by Crippen LogP contribution is -2.28. The van der Waals surface area contributed by atoms with Gasteiger partial charge in [0.1, 0.15) is 0 Å². The average molecular weight is 242 g/mol. The molecule has 1 fully saturated rings. The van der Waals surface area contributed by atoms with Gasteiger partial charge in [-0.05, 0) is 38.6 Å². The maximum atomic E-state index is 11.8. The van der Waals surface area contributed by atoms with Crippen LogP contribution >= 0.6 is 0 Å². The summed E-state index contributed by atoms with van der Waals surface area (Å²) in [6.45, 7) is 2.47. The lowest BCUT2D eigenvalue weighted by atomic mass is 10.1. The normalized spacial score (nSPS) is 19.5. The molecule has 0 aliphatic carbocycles. The van der Waals surface area contributed by atoms with E-state index >= 15 is 0 Å². The van der Waals surface area contributed by atoms with Crippen molar-refractivity contribution in [2.24, 2.45) is 5.73 Å². The quantitative estimate of drug-likeness (QED) is 0.657. The van der Waals surface area contributed by atoms with Crippen LogP contribution in [0.15, 0.2) is 0 Å². The van der Waals surface area contributed by atoms with E-state index in [-0.39, 0.29) is 5.91 Å². The molecule has 1 heterocycles. The number of carbonyl (C=O) groups excluding carboxylic acids is 1. The first-order valence-corrected chi connectivity index (χ1v) is 6.79. The van der Waals surface area contributed by atoms with Crippen LogP contribution in [0.4, 0.5) is 0 Å². The van der Waals surface area contributed by atoms with Gasteiger partial charge in [0.2, 0.25) is 5.91 Å². The van der Waals surface area contributed by atoms with Gasteiger partial charge in [0, 0.05) is 26.6 Å². The summed E-state index contributed by atoms with van der Waals surface area (Å²) in [6.07, 6.45) is 7.31. The van der Waals surface area contributed by atoms with Gasteiger partial charge in [0.05, 0.1) is 6.10 Å². The van der Waals surface area contributed by atoms with E-state index in [1.165, 1.54) is 0 Å². The molecule has 2 N–H and O–H groups in total. The van der Waals surface area contributed by atoms with Crippen LogP contribution in [0.1, 0.15) is 44.9 Å². The molecule has 1 saturated heterocycles. The van der Waals surface area contributed by atoms with E-state index in [9.17, 15) is 4.79 Å². The van der Waals surface area contributed by atoms with Crippen molar-refractivity contribution in [2.75, 3.05) is 26.7 Å². The predicted octanol–water partition coefficient (Wildman–Crippen LogP) is 1.53. The minimum Gasteiger partial charge on any atom is -0.378 e. The monoisotopic (exact) mass is 242 g/mol. The maximum Gasteiger partial charge on any atom is 0.222 e. The van der Waals surface area contributed by atoms with Crippen LogP contribution in [0.3, 0.4) is 0 Å². The highest BCUT2D eigenvalue weighted by atomic mass is 16.5. The third-order valence-electron chi connectivity index (χ3n) is 3.33. The first-order valence-electron chi connectivity index (χ1n) is 6.79. The first-order chi connectivity index (χ1) is 8.24. The Morgan fingerprint density at radius 3 is 2.88 bits per heavy atom. The number of hydrogen-bond acceptors (Lipinski definition) is 3. The zero-order valence-electron chi connectivity index (χ0n) is 11.0. The van der Waals surface area contributed by atoms with Crippen molar-refractivity contribution in [1.29, 1.82) is 0 Å². The Bertz CT molecular complexity index is 215. The highest BCUT2D eigenvalue weighted by Crippen LogP contribution is 2.17. The summed E-state index contributed by atoms with van der Waals surface area (Å²) in [5, 5.41) is 0. The molecule has 0 aromatic rings. The maximum absolute atomic E-state index is 11.8. The molecule has 0 spiro atoms. The molecule has 0 saturated carbocycles. The fraction of sp³-hybridized carbons (Fsp3) is 0.923. The molecule has 0 radical (unpaired) electrons. The Labute approximate surface area is 104 Å². The number of ether oxygens (including phenoxy) is 1. The molecule has 1 aliphatic heterocycles. The lowest BCUT2D eigenvalue weighted by molar-refractivity contribution is -0.130. The molecule has 4 heteroatoms. The van der Waals surface area contributed by atoms with Crippen molar-refractivity contribution in [1.82, 2.24) is 4.90 Å². The highest BCUT2D eigenvalue weighted by molar-refractivity contribution is 5.75. The second-order valence-corrected chi connectivity index (χ2v) is 4.84. The van der Waals surface area contributed by atoms with E-state index in [0.29, 0.717) is 12.5 Å². The molecule has 0 aromatic heterocycles. The minimum atomic E-state index is 0.244. The van der Waals surface area contributed by atoms with Gasteiger partial charge in [-0.1, -0.05) is 6.42 Å². The van der Waals surface area contributed by atoms with Crippen molar-refractivity contribution in [2.45, 2.75) is 51.0 Å². The summed E-state index contributed by atoms with van der Waals surface area (Å²) >= 11 is 0. The number of nitrogens with zero attached hydrogens (tertiary/aromatic N) is 1. The molecule has 1 atom stereocenters. The summed E-state index contributed by atoms with van der Waals surface area (Å²) in [5.41, 5.74) is 5.43. The Kier molecular flexibility index (Phi) is 7.21. The van der Waals surface area contributed by atoms with Crippen molar-refractivity contribution >= 4 is 5.91 Å². The Morgan fingerprint density at radius 1 is 1.41 bits per heavy atom. The van der Waals surface area contributed by atoms with E-state index in [0.717, 1.165) is 58.2 Å². The van der Waals surface area contributed by atoms with Crippen molar-refractivity contribution in [3.63, 3.8) is 0 Å². The summed E-state index contributed by atoms with van der Waals surface area (Å²) in [4.78, 5) is 13.6. The minimum absolute atomic E-state index is 0.244. The third-order valence-corrected chi connectivity index (χ3v) is 3.33. The third kappa shape index (κ3) is 6.03. The van der Waals surface area contributed by atoms with E-state index in [2.05, 4.69) is 0 Å². The summed E-state index contributed by atoms with van der Waals surface area (Å²) in [7, 11) is 1.89. The zero-order valence-corrected chi connectivity index (χ0v) is 11.0. The van der Waals surface area contributed by atoms with Gasteiger partial charge >= 0.3 is 0 Å². The molecule has 17 heavy (non-hydrogen) atoms. The van der Waals surface area contributed by atoms with Crippen LogP contribution in [0, 0.1) is 0 Å². The molecule has 100 valence electrons. The van der Waals surface area contributed by atoms with Gasteiger partial charge in [-0.15, -0.1) is 0 Å². The molecular formula is C13H26N2O2. The Morgan fingerprint density at radius 2 is 2.24 bits per heavy atom. The smallest absolute Gasteiger partial charge is 0.222 e. The van der Waals surface area contributed by atoms with Crippen LogP contribution in [-0.2, 0) is 9.53 Å². The van der Waals surface area contributed by atoms with E-state index in [4.69, 9.17) is 10.5 Å². The van der Waals surface area contributed by atoms with Crippen LogP contribution in [-0.4, -0.2) is 43.7 Å². The number of rotatable bonds is 8. The van der Waals surface area contributed by atoms with Gasteiger partial charge < -0.3 is 15.4 Å². The summed E-state index contributed by atoms with van der Waals surface area (Å²) in [5.74, 6) is 0.244. The molecular weight excluding hydrogens is 216 g/mol. The fourth-order valence-corrected chi connectivity index (χ4v) is 2.14. The first kappa shape index (κ1) is 14.5. The second-order valence-electron chi connectivity index (χ2n) is 4.84. The fourth-order valence-electron chi connectivity index (χ4n) is 2.14. The Hall–Kier alpha value is -0.610. The van der Waals surface area contributed by atoms with Gasteiger partial charge in [-0.3, -0.25) is 4.79 Å². The van der Waals surface area contributed by atoms with E-state index in [1.807, 2.05) is 11.9 Å². The largest absolute Gasteiger partial charge is 0.378 e. The molecule has 1 aliphatic rings. The summed E-state index contributed by atoms with van der Waals surface area (Å²) < 4.78 is 5.51. The van der Waals surface area contributed by atoms with Crippen LogP contribution in [0.2, 0.25) is 0 Å². The number of hydrogen-bond donors (Lipinski definition) is 1. The van der Waals surface area contributed by atoms with E-state index < -0.39 is 0 Å². The van der Waals surface area contributed by atoms with Crippen molar-refractivity contribution in [3.05, 3.63) is 0 Å². The van der Waals surface area contributed by atoms with Gasteiger partial charge in [0.25, 0.3) is 0 Å². The molecule has 0 aromatic carbocycles. The standard InChI is InChI=1S/C13H26N2O2/c1-15(10-4-2-3-9-14)13(16)8-7-12-6-5-11-17-12/h12H,2-11,14H2,1H3. The number of amides is 1. The SMILES string of the molecule is CN(CCCCCN)C(=O)CCC1CCCO1. The highest BCUT2D eigenvalue weighted by Gasteiger charge is 2.17. The molecule has 1 unspecified atom stereocenters. The number of unbranched alkanes of at least 4 members (excludes halogenated alkanes) is 2. The summed E-state index contributed by atoms with van der Waals surface area (Å²) in [6, 6.07) is 0. The second kappa shape index (κ2) is 8.48. The number of carbonyl (C=O) groups is 1. The topological polar surface area (TPSA) is 55.6 Å². The lowest BCUT2D eigenvalue weighted by Gasteiger charge is -2.18. The average Bonchev–Trinajstić information content (AvgIpc) is 2.84. The van der Waals surface area contributed by atoms with Crippen LogP contribution < -0.4 is 5.73 Å². The van der Waals surface area contributed by atoms with Crippen molar-refractivity contribution in [3.8, 4) is 0 Å². The molecule has 4 nitrogen and oxygen atoms in total. The van der Waals surface area contributed by atoms with E-state index in [1.54, 1.807) is 0 Å². The molecule has 1 amide bonds. The molecule has 1 rings (SSSR count). The van der Waals surface area contributed by atoms with Crippen LogP contribution in [0.25, 0.3) is 0 Å². The molecule has 0 bridgehead atoms.